The van der Waals surface area contributed by atoms with Gasteiger partial charge in [0.05, 0.1) is 18.4 Å². The summed E-state index contributed by atoms with van der Waals surface area (Å²) in [7, 11) is 0. The predicted molar refractivity (Wildman–Crippen MR) is 96.6 cm³/mol. The van der Waals surface area contributed by atoms with Gasteiger partial charge in [-0.25, -0.2) is 10.1 Å². The highest BCUT2D eigenvalue weighted by molar-refractivity contribution is 6.33. The maximum absolute atomic E-state index is 11.6. The Balaban J connectivity index is 1.43. The number of aromatic nitrogens is 3. The minimum absolute atomic E-state index is 0.0293. The molecule has 1 saturated carbocycles. The van der Waals surface area contributed by atoms with Crippen LogP contribution in [-0.4, -0.2) is 34.4 Å². The predicted octanol–water partition coefficient (Wildman–Crippen LogP) is 3.13. The first-order chi connectivity index (χ1) is 12.2. The molecule has 2 aromatic heterocycles. The second kappa shape index (κ2) is 7.04. The zero-order valence-electron chi connectivity index (χ0n) is 13.9. The number of pyridine rings is 1. The fraction of sp³-hybridized carbons (Fsp3) is 0.500. The van der Waals surface area contributed by atoms with E-state index in [4.69, 9.17) is 16.3 Å². The van der Waals surface area contributed by atoms with Crippen LogP contribution in [0.1, 0.15) is 43.6 Å². The Kier molecular flexibility index (Phi) is 4.61. The van der Waals surface area contributed by atoms with Gasteiger partial charge in [0.2, 0.25) is 5.88 Å². The number of aromatic amines is 1. The second-order valence-corrected chi connectivity index (χ2v) is 7.16. The Morgan fingerprint density at radius 1 is 1.28 bits per heavy atom. The Morgan fingerprint density at radius 2 is 2.12 bits per heavy atom. The molecule has 0 unspecified atom stereocenters. The van der Waals surface area contributed by atoms with Crippen LogP contribution in [0.3, 0.4) is 0 Å². The van der Waals surface area contributed by atoms with Crippen molar-refractivity contribution >= 4 is 17.3 Å². The molecule has 0 radical (unpaired) electrons. The zero-order chi connectivity index (χ0) is 17.2. The lowest BCUT2D eigenvalue weighted by Gasteiger charge is -2.19. The minimum Gasteiger partial charge on any atom is -0.472 e. The molecule has 0 spiro atoms. The van der Waals surface area contributed by atoms with Crippen LogP contribution in [0.2, 0.25) is 5.02 Å². The molecule has 1 aliphatic heterocycles. The van der Waals surface area contributed by atoms with E-state index in [-0.39, 0.29) is 16.7 Å². The van der Waals surface area contributed by atoms with E-state index >= 15 is 0 Å². The molecule has 1 N–H and O–H groups in total. The number of H-pyrrole nitrogens is 1. The van der Waals surface area contributed by atoms with Gasteiger partial charge < -0.3 is 9.64 Å². The molecule has 0 amide bonds. The number of anilines is 1. The molecule has 2 fully saturated rings. The van der Waals surface area contributed by atoms with Gasteiger partial charge in [0.15, 0.2) is 0 Å². The van der Waals surface area contributed by atoms with Gasteiger partial charge in [0.1, 0.15) is 11.1 Å². The summed E-state index contributed by atoms with van der Waals surface area (Å²) in [6.45, 7) is 1.44. The molecule has 25 heavy (non-hydrogen) atoms. The van der Waals surface area contributed by atoms with E-state index in [9.17, 15) is 4.79 Å². The van der Waals surface area contributed by atoms with Crippen LogP contribution < -0.4 is 15.2 Å². The highest BCUT2D eigenvalue weighted by atomic mass is 35.5. The van der Waals surface area contributed by atoms with Crippen molar-refractivity contribution in [1.29, 1.82) is 0 Å². The molecule has 0 bridgehead atoms. The molecule has 7 heteroatoms. The summed E-state index contributed by atoms with van der Waals surface area (Å²) < 4.78 is 6.10. The third-order valence-electron chi connectivity index (χ3n) is 5.14. The minimum atomic E-state index is -0.366. The van der Waals surface area contributed by atoms with Crippen LogP contribution in [0.15, 0.2) is 29.3 Å². The first kappa shape index (κ1) is 16.4. The smallest absolute Gasteiger partial charge is 0.285 e. The van der Waals surface area contributed by atoms with Gasteiger partial charge in [-0.05, 0) is 30.4 Å². The lowest BCUT2D eigenvalue weighted by Crippen LogP contribution is -2.26. The van der Waals surface area contributed by atoms with Crippen LogP contribution in [0, 0.1) is 0 Å². The largest absolute Gasteiger partial charge is 0.472 e. The third kappa shape index (κ3) is 3.49. The molecule has 0 aromatic carbocycles. The highest BCUT2D eigenvalue weighted by Gasteiger charge is 2.27. The van der Waals surface area contributed by atoms with Gasteiger partial charge in [-0.2, -0.15) is 5.10 Å². The van der Waals surface area contributed by atoms with Crippen molar-refractivity contribution in [2.24, 2.45) is 0 Å². The summed E-state index contributed by atoms with van der Waals surface area (Å²) in [4.78, 5) is 18.0. The molecule has 2 aliphatic rings. The number of hydrogen-bond acceptors (Lipinski definition) is 5. The average molecular weight is 361 g/mol. The lowest BCUT2D eigenvalue weighted by molar-refractivity contribution is 0.215. The molecule has 1 saturated heterocycles. The van der Waals surface area contributed by atoms with Gasteiger partial charge in [-0.15, -0.1) is 0 Å². The monoisotopic (exact) mass is 360 g/mol. The van der Waals surface area contributed by atoms with Crippen LogP contribution in [0.25, 0.3) is 0 Å². The van der Waals surface area contributed by atoms with E-state index in [2.05, 4.69) is 27.3 Å². The van der Waals surface area contributed by atoms with E-state index in [1.807, 2.05) is 11.1 Å². The Morgan fingerprint density at radius 3 is 2.96 bits per heavy atom. The fourth-order valence-corrected chi connectivity index (χ4v) is 4.02. The van der Waals surface area contributed by atoms with E-state index < -0.39 is 0 Å². The standard InChI is InChI=1S/C18H21ClN4O2/c19-17-15(10-21-22-18(17)24)23-8-6-14(11-23)25-16-9-13(5-7-20-16)12-3-1-2-4-12/h5,7,9-10,12,14H,1-4,6,8,11H2,(H,22,24)/t14-/m1/s1. The summed E-state index contributed by atoms with van der Waals surface area (Å²) in [6, 6.07) is 4.19. The van der Waals surface area contributed by atoms with E-state index in [1.54, 1.807) is 6.20 Å². The zero-order valence-corrected chi connectivity index (χ0v) is 14.7. The van der Waals surface area contributed by atoms with Crippen molar-refractivity contribution in [1.82, 2.24) is 15.2 Å². The normalized spacial score (nSPS) is 21.0. The molecular weight excluding hydrogens is 340 g/mol. The number of rotatable bonds is 4. The third-order valence-corrected chi connectivity index (χ3v) is 5.50. The Bertz CT molecular complexity index is 804. The van der Waals surface area contributed by atoms with Gasteiger partial charge in [-0.1, -0.05) is 24.4 Å². The van der Waals surface area contributed by atoms with E-state index in [0.29, 0.717) is 24.0 Å². The van der Waals surface area contributed by atoms with Crippen LogP contribution >= 0.6 is 11.6 Å². The Hall–Kier alpha value is -2.08. The van der Waals surface area contributed by atoms with Gasteiger partial charge in [0.25, 0.3) is 5.56 Å². The maximum atomic E-state index is 11.6. The fourth-order valence-electron chi connectivity index (χ4n) is 3.81. The summed E-state index contributed by atoms with van der Waals surface area (Å²) in [6.07, 6.45) is 9.46. The van der Waals surface area contributed by atoms with Crippen LogP contribution in [-0.2, 0) is 0 Å². The average Bonchev–Trinajstić information content (AvgIpc) is 3.30. The summed E-state index contributed by atoms with van der Waals surface area (Å²) in [5.74, 6) is 1.33. The van der Waals surface area contributed by atoms with Gasteiger partial charge in [0, 0.05) is 25.2 Å². The number of ether oxygens (including phenoxy) is 1. The van der Waals surface area contributed by atoms with E-state index in [0.717, 1.165) is 13.0 Å². The molecule has 4 rings (SSSR count). The van der Waals surface area contributed by atoms with Crippen LogP contribution in [0.4, 0.5) is 5.69 Å². The number of hydrogen-bond donors (Lipinski definition) is 1. The number of nitrogens with zero attached hydrogens (tertiary/aromatic N) is 3. The van der Waals surface area contributed by atoms with Crippen molar-refractivity contribution < 1.29 is 4.74 Å². The Labute approximate surface area is 151 Å². The first-order valence-corrected chi connectivity index (χ1v) is 9.19. The van der Waals surface area contributed by atoms with Crippen LogP contribution in [0.5, 0.6) is 5.88 Å². The molecule has 6 nitrogen and oxygen atoms in total. The number of nitrogens with one attached hydrogen (secondary N) is 1. The molecule has 1 atom stereocenters. The molecule has 132 valence electrons. The topological polar surface area (TPSA) is 71.1 Å². The lowest BCUT2D eigenvalue weighted by atomic mass is 9.99. The van der Waals surface area contributed by atoms with Crippen molar-refractivity contribution in [2.45, 2.75) is 44.1 Å². The first-order valence-electron chi connectivity index (χ1n) is 8.81. The second-order valence-electron chi connectivity index (χ2n) is 6.78. The van der Waals surface area contributed by atoms with Gasteiger partial charge in [-0.3, -0.25) is 4.79 Å². The van der Waals surface area contributed by atoms with Crippen molar-refractivity contribution in [3.8, 4) is 5.88 Å². The number of halogens is 1. The van der Waals surface area contributed by atoms with Crippen molar-refractivity contribution in [3.05, 3.63) is 45.5 Å². The summed E-state index contributed by atoms with van der Waals surface area (Å²) >= 11 is 6.10. The maximum Gasteiger partial charge on any atom is 0.285 e. The van der Waals surface area contributed by atoms with Gasteiger partial charge >= 0.3 is 0 Å². The summed E-state index contributed by atoms with van der Waals surface area (Å²) in [5, 5.41) is 6.36. The summed E-state index contributed by atoms with van der Waals surface area (Å²) in [5.41, 5.74) is 1.62. The van der Waals surface area contributed by atoms with Crippen molar-refractivity contribution in [3.63, 3.8) is 0 Å². The highest BCUT2D eigenvalue weighted by Crippen LogP contribution is 2.35. The molecule has 3 heterocycles. The molecular formula is C18H21ClN4O2. The SMILES string of the molecule is O=c1[nH]ncc(N2CC[C@@H](Oc3cc(C4CCCC4)ccn3)C2)c1Cl. The van der Waals surface area contributed by atoms with E-state index in [1.165, 1.54) is 31.2 Å². The molecule has 2 aromatic rings. The quantitative estimate of drug-likeness (QED) is 0.906. The van der Waals surface area contributed by atoms with Crippen molar-refractivity contribution in [2.75, 3.05) is 18.0 Å². The molecule has 1 aliphatic carbocycles.